The third kappa shape index (κ3) is 4.64. The fourth-order valence-corrected chi connectivity index (χ4v) is 2.90. The van der Waals surface area contributed by atoms with Crippen LogP contribution in [-0.4, -0.2) is 7.11 Å². The van der Waals surface area contributed by atoms with Gasteiger partial charge in [0, 0.05) is 24.2 Å². The summed E-state index contributed by atoms with van der Waals surface area (Å²) in [5.41, 5.74) is 4.76. The van der Waals surface area contributed by atoms with Crippen molar-refractivity contribution < 1.29 is 9.47 Å². The van der Waals surface area contributed by atoms with Gasteiger partial charge in [0.15, 0.2) is 0 Å². The van der Waals surface area contributed by atoms with Gasteiger partial charge in [-0.1, -0.05) is 60.7 Å². The minimum atomic E-state index is 0.580. The molecule has 134 valence electrons. The molecule has 3 aromatic carbocycles. The molecule has 0 unspecified atom stereocenters. The van der Waals surface area contributed by atoms with E-state index in [0.29, 0.717) is 6.61 Å². The summed E-state index contributed by atoms with van der Waals surface area (Å²) < 4.78 is 11.5. The number of hydrogen-bond acceptors (Lipinski definition) is 3. The van der Waals surface area contributed by atoms with Crippen LogP contribution in [0.15, 0.2) is 72.8 Å². The van der Waals surface area contributed by atoms with Crippen molar-refractivity contribution in [3.05, 3.63) is 95.1 Å². The highest BCUT2D eigenvalue weighted by Crippen LogP contribution is 2.21. The van der Waals surface area contributed by atoms with E-state index in [4.69, 9.17) is 9.47 Å². The number of benzene rings is 3. The Labute approximate surface area is 155 Å². The third-order valence-electron chi connectivity index (χ3n) is 4.44. The van der Waals surface area contributed by atoms with Crippen molar-refractivity contribution in [3.8, 4) is 11.5 Å². The molecule has 3 rings (SSSR count). The van der Waals surface area contributed by atoms with Gasteiger partial charge >= 0.3 is 0 Å². The molecule has 26 heavy (non-hydrogen) atoms. The number of aryl methyl sites for hydroxylation is 1. The quantitative estimate of drug-likeness (QED) is 0.630. The van der Waals surface area contributed by atoms with Crippen LogP contribution in [0.1, 0.15) is 22.3 Å². The Bertz CT molecular complexity index is 845. The lowest BCUT2D eigenvalue weighted by atomic mass is 10.1. The molecular formula is C23H25NO2. The minimum absolute atomic E-state index is 0.580. The Morgan fingerprint density at radius 1 is 0.692 bits per heavy atom. The average Bonchev–Trinajstić information content (AvgIpc) is 2.68. The topological polar surface area (TPSA) is 30.5 Å². The molecule has 0 spiro atoms. The number of methoxy groups -OCH3 is 1. The first-order chi connectivity index (χ1) is 12.8. The summed E-state index contributed by atoms with van der Waals surface area (Å²) in [7, 11) is 1.70. The molecule has 0 heterocycles. The second-order valence-corrected chi connectivity index (χ2v) is 6.24. The lowest BCUT2D eigenvalue weighted by Crippen LogP contribution is -2.14. The van der Waals surface area contributed by atoms with E-state index in [1.54, 1.807) is 7.11 Å². The van der Waals surface area contributed by atoms with Crippen LogP contribution in [0.4, 0.5) is 0 Å². The SMILES string of the molecule is COc1ccccc1CNCc1ccccc1OCc1ccccc1C. The van der Waals surface area contributed by atoms with E-state index in [0.717, 1.165) is 35.7 Å². The van der Waals surface area contributed by atoms with Crippen molar-refractivity contribution in [2.24, 2.45) is 0 Å². The monoisotopic (exact) mass is 347 g/mol. The predicted octanol–water partition coefficient (Wildman–Crippen LogP) is 4.87. The molecule has 0 aliphatic carbocycles. The molecule has 0 fully saturated rings. The van der Waals surface area contributed by atoms with Crippen molar-refractivity contribution >= 4 is 0 Å². The van der Waals surface area contributed by atoms with E-state index in [-0.39, 0.29) is 0 Å². The van der Waals surface area contributed by atoms with Crippen LogP contribution >= 0.6 is 0 Å². The predicted molar refractivity (Wildman–Crippen MR) is 105 cm³/mol. The van der Waals surface area contributed by atoms with E-state index in [2.05, 4.69) is 42.6 Å². The molecule has 0 atom stereocenters. The van der Waals surface area contributed by atoms with Crippen molar-refractivity contribution in [2.45, 2.75) is 26.6 Å². The Balaban J connectivity index is 1.61. The van der Waals surface area contributed by atoms with Gasteiger partial charge in [-0.3, -0.25) is 0 Å². The maximum absolute atomic E-state index is 6.09. The Hall–Kier alpha value is -2.78. The second-order valence-electron chi connectivity index (χ2n) is 6.24. The zero-order chi connectivity index (χ0) is 18.2. The summed E-state index contributed by atoms with van der Waals surface area (Å²) in [4.78, 5) is 0. The molecule has 0 aromatic heterocycles. The van der Waals surface area contributed by atoms with E-state index in [1.807, 2.05) is 42.5 Å². The van der Waals surface area contributed by atoms with Crippen LogP contribution in [0, 0.1) is 6.92 Å². The summed E-state index contributed by atoms with van der Waals surface area (Å²) in [6.45, 7) is 4.17. The highest BCUT2D eigenvalue weighted by atomic mass is 16.5. The van der Waals surface area contributed by atoms with E-state index < -0.39 is 0 Å². The molecule has 3 nitrogen and oxygen atoms in total. The van der Waals surface area contributed by atoms with E-state index >= 15 is 0 Å². The largest absolute Gasteiger partial charge is 0.496 e. The molecule has 0 aliphatic rings. The molecule has 0 saturated carbocycles. The summed E-state index contributed by atoms with van der Waals surface area (Å²) in [5.74, 6) is 1.83. The Morgan fingerprint density at radius 3 is 1.88 bits per heavy atom. The van der Waals surface area contributed by atoms with Gasteiger partial charge in [0.25, 0.3) is 0 Å². The van der Waals surface area contributed by atoms with Gasteiger partial charge in [-0.25, -0.2) is 0 Å². The van der Waals surface area contributed by atoms with Crippen LogP contribution in [-0.2, 0) is 19.7 Å². The van der Waals surface area contributed by atoms with E-state index in [1.165, 1.54) is 11.1 Å². The first-order valence-corrected chi connectivity index (χ1v) is 8.85. The van der Waals surface area contributed by atoms with Gasteiger partial charge in [0.05, 0.1) is 7.11 Å². The first kappa shape index (κ1) is 18.0. The minimum Gasteiger partial charge on any atom is -0.496 e. The highest BCUT2D eigenvalue weighted by molar-refractivity contribution is 5.35. The Kier molecular flexibility index (Phi) is 6.29. The molecule has 0 bridgehead atoms. The lowest BCUT2D eigenvalue weighted by Gasteiger charge is -2.14. The zero-order valence-electron chi connectivity index (χ0n) is 15.4. The number of para-hydroxylation sites is 2. The lowest BCUT2D eigenvalue weighted by molar-refractivity contribution is 0.301. The Morgan fingerprint density at radius 2 is 1.23 bits per heavy atom. The molecule has 0 radical (unpaired) electrons. The summed E-state index contributed by atoms with van der Waals surface area (Å²) in [6, 6.07) is 24.6. The van der Waals surface area contributed by atoms with Crippen LogP contribution in [0.25, 0.3) is 0 Å². The highest BCUT2D eigenvalue weighted by Gasteiger charge is 2.06. The molecule has 1 N–H and O–H groups in total. The van der Waals surface area contributed by atoms with Gasteiger partial charge in [0.1, 0.15) is 18.1 Å². The van der Waals surface area contributed by atoms with Gasteiger partial charge < -0.3 is 14.8 Å². The van der Waals surface area contributed by atoms with Gasteiger partial charge in [-0.2, -0.15) is 0 Å². The fraction of sp³-hybridized carbons (Fsp3) is 0.217. The zero-order valence-corrected chi connectivity index (χ0v) is 15.4. The number of hydrogen-bond donors (Lipinski definition) is 1. The van der Waals surface area contributed by atoms with Gasteiger partial charge in [-0.15, -0.1) is 0 Å². The van der Waals surface area contributed by atoms with Crippen molar-refractivity contribution in [1.29, 1.82) is 0 Å². The van der Waals surface area contributed by atoms with Crippen molar-refractivity contribution in [1.82, 2.24) is 5.32 Å². The number of rotatable bonds is 8. The normalized spacial score (nSPS) is 10.5. The molecule has 0 saturated heterocycles. The fourth-order valence-electron chi connectivity index (χ4n) is 2.90. The molecule has 0 amide bonds. The third-order valence-corrected chi connectivity index (χ3v) is 4.44. The summed E-state index contributed by atoms with van der Waals surface area (Å²) in [5, 5.41) is 3.48. The van der Waals surface area contributed by atoms with E-state index in [9.17, 15) is 0 Å². The first-order valence-electron chi connectivity index (χ1n) is 8.85. The molecule has 3 aromatic rings. The van der Waals surface area contributed by atoms with Crippen molar-refractivity contribution in [2.75, 3.05) is 7.11 Å². The maximum atomic E-state index is 6.09. The van der Waals surface area contributed by atoms with Gasteiger partial charge in [0.2, 0.25) is 0 Å². The molecule has 3 heteroatoms. The number of ether oxygens (including phenoxy) is 2. The average molecular weight is 347 g/mol. The summed E-state index contributed by atoms with van der Waals surface area (Å²) in [6.07, 6.45) is 0. The van der Waals surface area contributed by atoms with Gasteiger partial charge in [-0.05, 0) is 30.2 Å². The molecular weight excluding hydrogens is 322 g/mol. The van der Waals surface area contributed by atoms with Crippen molar-refractivity contribution in [3.63, 3.8) is 0 Å². The number of nitrogens with one attached hydrogen (secondary N) is 1. The molecule has 0 aliphatic heterocycles. The van der Waals surface area contributed by atoms with Crippen LogP contribution in [0.5, 0.6) is 11.5 Å². The van der Waals surface area contributed by atoms with Crippen LogP contribution in [0.3, 0.4) is 0 Å². The second kappa shape index (κ2) is 9.07. The standard InChI is InChI=1S/C23H25NO2/c1-18-9-3-4-12-21(18)17-26-23-14-8-6-11-20(23)16-24-15-19-10-5-7-13-22(19)25-2/h3-14,24H,15-17H2,1-2H3. The van der Waals surface area contributed by atoms with Crippen LogP contribution in [0.2, 0.25) is 0 Å². The van der Waals surface area contributed by atoms with Crippen LogP contribution < -0.4 is 14.8 Å². The maximum Gasteiger partial charge on any atom is 0.124 e. The smallest absolute Gasteiger partial charge is 0.124 e. The summed E-state index contributed by atoms with van der Waals surface area (Å²) >= 11 is 0.